The standard InChI is InChI=1S/C17H27N3S/c1-13-18-16(12-21-13)10-19-7-15-5-6-17(11-19)20(9-15)8-14-3-2-4-14/h12,14-15,17H,2-11H2,1H3/t15-,17+/m0/s1. The van der Waals surface area contributed by atoms with Gasteiger partial charge in [-0.05, 0) is 44.4 Å². The van der Waals surface area contributed by atoms with Gasteiger partial charge in [-0.2, -0.15) is 0 Å². The van der Waals surface area contributed by atoms with Crippen LogP contribution in [0, 0.1) is 18.8 Å². The molecule has 0 spiro atoms. The molecule has 0 aromatic carbocycles. The summed E-state index contributed by atoms with van der Waals surface area (Å²) in [4.78, 5) is 10.2. The van der Waals surface area contributed by atoms with Crippen molar-refractivity contribution in [3.05, 3.63) is 16.1 Å². The van der Waals surface area contributed by atoms with Gasteiger partial charge < -0.3 is 0 Å². The van der Waals surface area contributed by atoms with Crippen molar-refractivity contribution >= 4 is 11.3 Å². The minimum absolute atomic E-state index is 0.809. The Morgan fingerprint density at radius 3 is 2.81 bits per heavy atom. The van der Waals surface area contributed by atoms with Crippen LogP contribution in [0.4, 0.5) is 0 Å². The molecule has 5 rings (SSSR count). The van der Waals surface area contributed by atoms with Crippen molar-refractivity contribution in [1.29, 1.82) is 0 Å². The molecule has 4 fully saturated rings. The summed E-state index contributed by atoms with van der Waals surface area (Å²) >= 11 is 1.79. The lowest BCUT2D eigenvalue weighted by Crippen LogP contribution is -2.46. The van der Waals surface area contributed by atoms with Crippen LogP contribution in [-0.4, -0.2) is 47.0 Å². The molecule has 2 bridgehead atoms. The van der Waals surface area contributed by atoms with Crippen molar-refractivity contribution in [3.8, 4) is 0 Å². The summed E-state index contributed by atoms with van der Waals surface area (Å²) in [5.74, 6) is 1.91. The summed E-state index contributed by atoms with van der Waals surface area (Å²) in [6.07, 6.45) is 7.30. The Morgan fingerprint density at radius 2 is 2.10 bits per heavy atom. The minimum Gasteiger partial charge on any atom is -0.299 e. The van der Waals surface area contributed by atoms with E-state index in [2.05, 4.69) is 27.1 Å². The highest BCUT2D eigenvalue weighted by atomic mass is 32.1. The molecule has 4 heterocycles. The second-order valence-corrected chi connectivity index (χ2v) is 8.46. The van der Waals surface area contributed by atoms with Gasteiger partial charge >= 0.3 is 0 Å². The number of fused-ring (bicyclic) bond motifs is 4. The lowest BCUT2D eigenvalue weighted by Gasteiger charge is -2.40. The van der Waals surface area contributed by atoms with Crippen LogP contribution < -0.4 is 0 Å². The fourth-order valence-electron chi connectivity index (χ4n) is 4.35. The van der Waals surface area contributed by atoms with Gasteiger partial charge in [-0.1, -0.05) is 6.42 Å². The third kappa shape index (κ3) is 3.17. The fourth-order valence-corrected chi connectivity index (χ4v) is 4.95. The van der Waals surface area contributed by atoms with Gasteiger partial charge in [-0.15, -0.1) is 11.3 Å². The fraction of sp³-hybridized carbons (Fsp3) is 0.824. The zero-order valence-corrected chi connectivity index (χ0v) is 13.9. The SMILES string of the molecule is Cc1nc(CN2C[C@@H]3CC[C@H](C2)N(CC2CCC2)C3)cs1. The molecule has 0 amide bonds. The first kappa shape index (κ1) is 14.2. The van der Waals surface area contributed by atoms with Gasteiger partial charge in [0.25, 0.3) is 0 Å². The first-order valence-corrected chi connectivity index (χ1v) is 9.51. The maximum Gasteiger partial charge on any atom is 0.0897 e. The van der Waals surface area contributed by atoms with E-state index in [1.165, 1.54) is 69.0 Å². The zero-order chi connectivity index (χ0) is 14.2. The van der Waals surface area contributed by atoms with E-state index in [1.54, 1.807) is 11.3 Å². The first-order chi connectivity index (χ1) is 10.3. The number of rotatable bonds is 4. The van der Waals surface area contributed by atoms with E-state index in [0.29, 0.717) is 0 Å². The Kier molecular flexibility index (Phi) is 4.03. The van der Waals surface area contributed by atoms with E-state index in [0.717, 1.165) is 24.4 Å². The van der Waals surface area contributed by atoms with Gasteiger partial charge in [0.15, 0.2) is 0 Å². The van der Waals surface area contributed by atoms with E-state index in [-0.39, 0.29) is 0 Å². The molecule has 4 aliphatic rings. The molecule has 1 saturated carbocycles. The van der Waals surface area contributed by atoms with Gasteiger partial charge in [0.05, 0.1) is 10.7 Å². The molecule has 21 heavy (non-hydrogen) atoms. The highest BCUT2D eigenvalue weighted by Gasteiger charge is 2.36. The molecular formula is C17H27N3S. The van der Waals surface area contributed by atoms with Crippen LogP contribution in [0.3, 0.4) is 0 Å². The summed E-state index contributed by atoms with van der Waals surface area (Å²) in [6.45, 7) is 8.46. The van der Waals surface area contributed by atoms with Crippen LogP contribution in [0.5, 0.6) is 0 Å². The van der Waals surface area contributed by atoms with Crippen molar-refractivity contribution in [1.82, 2.24) is 14.8 Å². The summed E-state index contributed by atoms with van der Waals surface area (Å²) < 4.78 is 0. The van der Waals surface area contributed by atoms with Crippen molar-refractivity contribution in [2.75, 3.05) is 26.2 Å². The Hall–Kier alpha value is -0.450. The average molecular weight is 305 g/mol. The molecule has 4 heteroatoms. The summed E-state index contributed by atoms with van der Waals surface area (Å²) in [7, 11) is 0. The molecule has 0 radical (unpaired) electrons. The summed E-state index contributed by atoms with van der Waals surface area (Å²) in [5, 5.41) is 3.45. The average Bonchev–Trinajstić information content (AvgIpc) is 2.65. The van der Waals surface area contributed by atoms with E-state index in [1.807, 2.05) is 0 Å². The number of piperidine rings is 1. The number of nitrogens with zero attached hydrogens (tertiary/aromatic N) is 3. The highest BCUT2D eigenvalue weighted by molar-refractivity contribution is 7.09. The Morgan fingerprint density at radius 1 is 1.19 bits per heavy atom. The highest BCUT2D eigenvalue weighted by Crippen LogP contribution is 2.33. The Labute approximate surface area is 132 Å². The van der Waals surface area contributed by atoms with Crippen LogP contribution in [0.25, 0.3) is 0 Å². The molecular weight excluding hydrogens is 278 g/mol. The topological polar surface area (TPSA) is 19.4 Å². The molecule has 116 valence electrons. The minimum atomic E-state index is 0.809. The van der Waals surface area contributed by atoms with Crippen molar-refractivity contribution in [2.45, 2.75) is 51.6 Å². The lowest BCUT2D eigenvalue weighted by atomic mass is 9.83. The van der Waals surface area contributed by atoms with Gasteiger partial charge in [-0.25, -0.2) is 4.98 Å². The van der Waals surface area contributed by atoms with Crippen molar-refractivity contribution < 1.29 is 0 Å². The molecule has 2 atom stereocenters. The van der Waals surface area contributed by atoms with Crippen LogP contribution in [0.2, 0.25) is 0 Å². The van der Waals surface area contributed by atoms with Crippen LogP contribution in [0.1, 0.15) is 42.8 Å². The molecule has 1 aromatic rings. The molecule has 3 nitrogen and oxygen atoms in total. The van der Waals surface area contributed by atoms with Gasteiger partial charge in [0.2, 0.25) is 0 Å². The first-order valence-electron chi connectivity index (χ1n) is 8.63. The molecule has 1 aliphatic carbocycles. The molecule has 1 aromatic heterocycles. The summed E-state index contributed by atoms with van der Waals surface area (Å²) in [6, 6.07) is 0.809. The number of thiazole rings is 1. The van der Waals surface area contributed by atoms with E-state index in [4.69, 9.17) is 0 Å². The molecule has 0 unspecified atom stereocenters. The van der Waals surface area contributed by atoms with Gasteiger partial charge in [0.1, 0.15) is 0 Å². The van der Waals surface area contributed by atoms with E-state index < -0.39 is 0 Å². The van der Waals surface area contributed by atoms with Crippen molar-refractivity contribution in [3.63, 3.8) is 0 Å². The number of aryl methyl sites for hydroxylation is 1. The second kappa shape index (κ2) is 5.98. The van der Waals surface area contributed by atoms with Gasteiger partial charge in [-0.3, -0.25) is 9.80 Å². The third-order valence-electron chi connectivity index (χ3n) is 5.67. The maximum absolute atomic E-state index is 4.66. The number of hydrogen-bond donors (Lipinski definition) is 0. The quantitative estimate of drug-likeness (QED) is 0.852. The normalized spacial score (nSPS) is 31.3. The monoisotopic (exact) mass is 305 g/mol. The van der Waals surface area contributed by atoms with E-state index >= 15 is 0 Å². The number of hydrogen-bond acceptors (Lipinski definition) is 4. The third-order valence-corrected chi connectivity index (χ3v) is 6.49. The largest absolute Gasteiger partial charge is 0.299 e. The molecule has 0 N–H and O–H groups in total. The smallest absolute Gasteiger partial charge is 0.0897 e. The molecule has 3 aliphatic heterocycles. The maximum atomic E-state index is 4.66. The zero-order valence-electron chi connectivity index (χ0n) is 13.1. The predicted octanol–water partition coefficient (Wildman–Crippen LogP) is 3.15. The Bertz CT molecular complexity index is 482. The second-order valence-electron chi connectivity index (χ2n) is 7.40. The molecule has 3 saturated heterocycles. The Balaban J connectivity index is 1.40. The van der Waals surface area contributed by atoms with Crippen LogP contribution in [0.15, 0.2) is 5.38 Å². The number of aromatic nitrogens is 1. The summed E-state index contributed by atoms with van der Waals surface area (Å²) in [5.41, 5.74) is 1.28. The van der Waals surface area contributed by atoms with E-state index in [9.17, 15) is 0 Å². The van der Waals surface area contributed by atoms with Gasteiger partial charge in [0, 0.05) is 44.1 Å². The lowest BCUT2D eigenvalue weighted by molar-refractivity contribution is 0.0890. The van der Waals surface area contributed by atoms with Crippen molar-refractivity contribution in [2.24, 2.45) is 11.8 Å². The van der Waals surface area contributed by atoms with Crippen LogP contribution >= 0.6 is 11.3 Å². The predicted molar refractivity (Wildman–Crippen MR) is 87.6 cm³/mol. The van der Waals surface area contributed by atoms with Crippen LogP contribution in [-0.2, 0) is 6.54 Å².